The van der Waals surface area contributed by atoms with Crippen LogP contribution in [0.2, 0.25) is 0 Å². The summed E-state index contributed by atoms with van der Waals surface area (Å²) in [6.07, 6.45) is 0. The van der Waals surface area contributed by atoms with Gasteiger partial charge in [-0.15, -0.1) is 0 Å². The number of imidazole rings is 1. The highest BCUT2D eigenvalue weighted by Gasteiger charge is 2.15. The molecule has 3 rings (SSSR count). The van der Waals surface area contributed by atoms with Gasteiger partial charge in [0, 0.05) is 26.2 Å². The molecule has 0 bridgehead atoms. The standard InChI is InChI=1S/C15H22N4O/c1-12(16)15-17-13-4-2-3-5-14(13)19(15)7-6-18-8-10-20-11-9-18/h2-5,12H,6-11,16H2,1H3. The molecule has 2 N–H and O–H groups in total. The fourth-order valence-electron chi connectivity index (χ4n) is 2.74. The van der Waals surface area contributed by atoms with Crippen LogP contribution in [0.1, 0.15) is 18.8 Å². The number of ether oxygens (including phenoxy) is 1. The predicted octanol–water partition coefficient (Wildman–Crippen LogP) is 1.39. The second-order valence-corrected chi connectivity index (χ2v) is 5.35. The molecule has 20 heavy (non-hydrogen) atoms. The van der Waals surface area contributed by atoms with E-state index in [9.17, 15) is 0 Å². The van der Waals surface area contributed by atoms with Crippen molar-refractivity contribution in [2.24, 2.45) is 5.73 Å². The maximum absolute atomic E-state index is 6.07. The van der Waals surface area contributed by atoms with Crippen LogP contribution in [0, 0.1) is 0 Å². The van der Waals surface area contributed by atoms with Crippen LogP contribution in [0.25, 0.3) is 11.0 Å². The molecule has 1 aliphatic heterocycles. The van der Waals surface area contributed by atoms with Crippen molar-refractivity contribution in [3.05, 3.63) is 30.1 Å². The van der Waals surface area contributed by atoms with Gasteiger partial charge in [-0.1, -0.05) is 12.1 Å². The Hall–Kier alpha value is -1.43. The SMILES string of the molecule is CC(N)c1nc2ccccc2n1CCN1CCOCC1. The lowest BCUT2D eigenvalue weighted by Gasteiger charge is -2.27. The zero-order valence-corrected chi connectivity index (χ0v) is 12.0. The molecule has 1 aliphatic rings. The van der Waals surface area contributed by atoms with Crippen LogP contribution >= 0.6 is 0 Å². The summed E-state index contributed by atoms with van der Waals surface area (Å²) in [6, 6.07) is 8.19. The lowest BCUT2D eigenvalue weighted by Crippen LogP contribution is -2.38. The molecule has 1 atom stereocenters. The second-order valence-electron chi connectivity index (χ2n) is 5.35. The number of fused-ring (bicyclic) bond motifs is 1. The van der Waals surface area contributed by atoms with Gasteiger partial charge in [0.15, 0.2) is 0 Å². The molecular weight excluding hydrogens is 252 g/mol. The Morgan fingerprint density at radius 1 is 1.25 bits per heavy atom. The highest BCUT2D eigenvalue weighted by molar-refractivity contribution is 5.76. The van der Waals surface area contributed by atoms with Crippen molar-refractivity contribution >= 4 is 11.0 Å². The Bertz CT molecular complexity index is 572. The first kappa shape index (κ1) is 13.5. The van der Waals surface area contributed by atoms with Gasteiger partial charge in [-0.2, -0.15) is 0 Å². The van der Waals surface area contributed by atoms with Crippen molar-refractivity contribution in [2.75, 3.05) is 32.8 Å². The van der Waals surface area contributed by atoms with Crippen molar-refractivity contribution in [1.82, 2.24) is 14.5 Å². The summed E-state index contributed by atoms with van der Waals surface area (Å²) in [4.78, 5) is 7.10. The summed E-state index contributed by atoms with van der Waals surface area (Å²) in [5.74, 6) is 0.972. The van der Waals surface area contributed by atoms with Crippen LogP contribution in [-0.2, 0) is 11.3 Å². The number of morpholine rings is 1. The zero-order valence-electron chi connectivity index (χ0n) is 12.0. The Morgan fingerprint density at radius 2 is 2.00 bits per heavy atom. The number of aromatic nitrogens is 2. The van der Waals surface area contributed by atoms with E-state index in [-0.39, 0.29) is 6.04 Å². The number of hydrogen-bond acceptors (Lipinski definition) is 4. The molecule has 2 heterocycles. The van der Waals surface area contributed by atoms with Crippen LogP contribution in [-0.4, -0.2) is 47.3 Å². The van der Waals surface area contributed by atoms with Crippen molar-refractivity contribution in [2.45, 2.75) is 19.5 Å². The number of benzene rings is 1. The van der Waals surface area contributed by atoms with Gasteiger partial charge in [0.2, 0.25) is 0 Å². The summed E-state index contributed by atoms with van der Waals surface area (Å²) in [7, 11) is 0. The topological polar surface area (TPSA) is 56.3 Å². The Labute approximate surface area is 119 Å². The largest absolute Gasteiger partial charge is 0.379 e. The lowest BCUT2D eigenvalue weighted by molar-refractivity contribution is 0.0364. The maximum atomic E-state index is 6.07. The van der Waals surface area contributed by atoms with Crippen LogP contribution in [0.4, 0.5) is 0 Å². The smallest absolute Gasteiger partial charge is 0.126 e. The first-order chi connectivity index (χ1) is 9.75. The molecule has 2 aromatic rings. The quantitative estimate of drug-likeness (QED) is 0.915. The zero-order chi connectivity index (χ0) is 13.9. The van der Waals surface area contributed by atoms with Crippen LogP contribution in [0.5, 0.6) is 0 Å². The normalized spacial score (nSPS) is 18.5. The number of para-hydroxylation sites is 2. The first-order valence-corrected chi connectivity index (χ1v) is 7.26. The third kappa shape index (κ3) is 2.70. The molecule has 0 saturated carbocycles. The van der Waals surface area contributed by atoms with Gasteiger partial charge in [0.1, 0.15) is 5.82 Å². The van der Waals surface area contributed by atoms with Gasteiger partial charge in [-0.3, -0.25) is 4.90 Å². The summed E-state index contributed by atoms with van der Waals surface area (Å²) in [6.45, 7) is 7.64. The highest BCUT2D eigenvalue weighted by atomic mass is 16.5. The van der Waals surface area contributed by atoms with E-state index in [1.165, 1.54) is 5.52 Å². The van der Waals surface area contributed by atoms with Crippen LogP contribution < -0.4 is 5.73 Å². The Morgan fingerprint density at radius 3 is 2.75 bits per heavy atom. The van der Waals surface area contributed by atoms with Gasteiger partial charge in [0.05, 0.1) is 30.3 Å². The van der Waals surface area contributed by atoms with Crippen molar-refractivity contribution in [3.63, 3.8) is 0 Å². The number of nitrogens with zero attached hydrogens (tertiary/aromatic N) is 3. The molecule has 1 fully saturated rings. The molecule has 1 unspecified atom stereocenters. The van der Waals surface area contributed by atoms with Gasteiger partial charge >= 0.3 is 0 Å². The first-order valence-electron chi connectivity index (χ1n) is 7.26. The van der Waals surface area contributed by atoms with Crippen LogP contribution in [0.15, 0.2) is 24.3 Å². The third-order valence-electron chi connectivity index (χ3n) is 3.83. The molecule has 1 aromatic carbocycles. The number of nitrogens with two attached hydrogens (primary N) is 1. The van der Waals surface area contributed by atoms with Gasteiger partial charge in [0.25, 0.3) is 0 Å². The molecule has 5 heteroatoms. The molecule has 108 valence electrons. The molecule has 0 spiro atoms. The van der Waals surface area contributed by atoms with E-state index in [4.69, 9.17) is 10.5 Å². The summed E-state index contributed by atoms with van der Waals surface area (Å²) < 4.78 is 7.65. The monoisotopic (exact) mass is 274 g/mol. The molecule has 0 radical (unpaired) electrons. The third-order valence-corrected chi connectivity index (χ3v) is 3.83. The summed E-state index contributed by atoms with van der Waals surface area (Å²) in [5, 5.41) is 0. The van der Waals surface area contributed by atoms with Crippen molar-refractivity contribution < 1.29 is 4.74 Å². The second kappa shape index (κ2) is 5.91. The maximum Gasteiger partial charge on any atom is 0.126 e. The van der Waals surface area contributed by atoms with Gasteiger partial charge in [-0.25, -0.2) is 4.98 Å². The van der Waals surface area contributed by atoms with Crippen molar-refractivity contribution in [1.29, 1.82) is 0 Å². The minimum absolute atomic E-state index is 0.0490. The fraction of sp³-hybridized carbons (Fsp3) is 0.533. The minimum atomic E-state index is -0.0490. The van der Waals surface area contributed by atoms with E-state index < -0.39 is 0 Å². The molecule has 1 aromatic heterocycles. The van der Waals surface area contributed by atoms with Crippen LogP contribution in [0.3, 0.4) is 0 Å². The molecule has 5 nitrogen and oxygen atoms in total. The molecule has 0 aliphatic carbocycles. The average Bonchev–Trinajstić information content (AvgIpc) is 2.85. The fourth-order valence-corrected chi connectivity index (χ4v) is 2.74. The Kier molecular flexibility index (Phi) is 4.00. The molecule has 0 amide bonds. The molecular formula is C15H22N4O. The van der Waals surface area contributed by atoms with E-state index in [2.05, 4.69) is 26.6 Å². The predicted molar refractivity (Wildman–Crippen MR) is 79.6 cm³/mol. The van der Waals surface area contributed by atoms with E-state index in [0.717, 1.165) is 50.7 Å². The lowest BCUT2D eigenvalue weighted by atomic mass is 10.3. The summed E-state index contributed by atoms with van der Waals surface area (Å²) in [5.41, 5.74) is 8.27. The minimum Gasteiger partial charge on any atom is -0.379 e. The van der Waals surface area contributed by atoms with E-state index in [0.29, 0.717) is 0 Å². The van der Waals surface area contributed by atoms with E-state index in [1.807, 2.05) is 19.1 Å². The van der Waals surface area contributed by atoms with E-state index >= 15 is 0 Å². The van der Waals surface area contributed by atoms with E-state index in [1.54, 1.807) is 0 Å². The average molecular weight is 274 g/mol. The molecule has 1 saturated heterocycles. The van der Waals surface area contributed by atoms with Gasteiger partial charge in [-0.05, 0) is 19.1 Å². The Balaban J connectivity index is 1.83. The van der Waals surface area contributed by atoms with Crippen molar-refractivity contribution in [3.8, 4) is 0 Å². The highest BCUT2D eigenvalue weighted by Crippen LogP contribution is 2.19. The number of hydrogen-bond donors (Lipinski definition) is 1. The summed E-state index contributed by atoms with van der Waals surface area (Å²) >= 11 is 0. The van der Waals surface area contributed by atoms with Gasteiger partial charge < -0.3 is 15.0 Å². The number of rotatable bonds is 4.